The van der Waals surface area contributed by atoms with Gasteiger partial charge < -0.3 is 35.7 Å². The number of halogens is 1. The number of rotatable bonds is 2. The lowest BCUT2D eigenvalue weighted by molar-refractivity contribution is -0.0597. The summed E-state index contributed by atoms with van der Waals surface area (Å²) in [4.78, 5) is 56.1. The molecule has 2 aliphatic heterocycles. The molecule has 3 fully saturated rings. The number of anilines is 2. The van der Waals surface area contributed by atoms with Gasteiger partial charge in [0.25, 0.3) is 5.56 Å². The van der Waals surface area contributed by atoms with Gasteiger partial charge in [0.15, 0.2) is 35.0 Å². The van der Waals surface area contributed by atoms with E-state index in [4.69, 9.17) is 34.3 Å². The van der Waals surface area contributed by atoms with E-state index in [1.165, 1.54) is 17.2 Å². The van der Waals surface area contributed by atoms with Crippen molar-refractivity contribution >= 4 is 49.7 Å². The van der Waals surface area contributed by atoms with Crippen LogP contribution in [0.5, 0.6) is 0 Å². The number of nitrogens with zero attached hydrogens (tertiary/aromatic N) is 7. The average Bonchev–Trinajstić information content (AvgIpc) is 3.72. The second-order valence-electron chi connectivity index (χ2n) is 11.0. The standard InChI is InChI=1S/C22H27FN10O11P2/c1-7-8-2-40-45(36,37)44-16-9(42-21(10(16)23)33-6-28-11-17(24)26-4-27-18(11)33)3-41-46(38,39)43-15(8)14(34)13(7)32-5-29-12-19(32)30-22(25)31-20(12)35/h4-10,13-16,21,34H,2-3H2,1H3,(H,36,37)(H,38,39)(H2,24,26,27)(H3,25,30,31,35)/t7-,8-,9+,10+,13+,14-,15+,16+,21+/m0/s1. The number of phosphoric ester groups is 2. The molecule has 2 unspecified atom stereocenters. The maximum Gasteiger partial charge on any atom is 0.472 e. The number of ether oxygens (including phenoxy) is 1. The second kappa shape index (κ2) is 11.1. The Morgan fingerprint density at radius 3 is 2.41 bits per heavy atom. The molecular weight excluding hydrogens is 661 g/mol. The topological polar surface area (TPSA) is 300 Å². The lowest BCUT2D eigenvalue weighted by Crippen LogP contribution is -2.36. The van der Waals surface area contributed by atoms with Crippen LogP contribution in [0.25, 0.3) is 22.3 Å². The number of aliphatic hydroxyl groups is 1. The van der Waals surface area contributed by atoms with Crippen molar-refractivity contribution in [3.63, 3.8) is 0 Å². The number of hydrogen-bond donors (Lipinski definition) is 6. The summed E-state index contributed by atoms with van der Waals surface area (Å²) >= 11 is 0. The summed E-state index contributed by atoms with van der Waals surface area (Å²) in [5.74, 6) is -2.02. The summed E-state index contributed by atoms with van der Waals surface area (Å²) in [6.07, 6.45) is -6.73. The van der Waals surface area contributed by atoms with Crippen LogP contribution in [0.4, 0.5) is 16.2 Å². The van der Waals surface area contributed by atoms with Gasteiger partial charge in [-0.25, -0.2) is 33.5 Å². The van der Waals surface area contributed by atoms with E-state index >= 15 is 4.39 Å². The normalized spacial score (nSPS) is 38.8. The van der Waals surface area contributed by atoms with Gasteiger partial charge in [0.2, 0.25) is 5.95 Å². The molecule has 7 rings (SSSR count). The summed E-state index contributed by atoms with van der Waals surface area (Å²) in [7, 11) is -10.1. The molecule has 0 amide bonds. The Labute approximate surface area is 255 Å². The number of nitrogens with two attached hydrogens (primary N) is 2. The quantitative estimate of drug-likeness (QED) is 0.145. The summed E-state index contributed by atoms with van der Waals surface area (Å²) in [5.41, 5.74) is 11.0. The highest BCUT2D eigenvalue weighted by molar-refractivity contribution is 7.47. The fraction of sp³-hybridized carbons (Fsp3) is 0.545. The van der Waals surface area contributed by atoms with E-state index in [9.17, 15) is 28.8 Å². The molecule has 3 aliphatic rings. The van der Waals surface area contributed by atoms with Crippen molar-refractivity contribution < 1.29 is 51.2 Å². The molecule has 248 valence electrons. The van der Waals surface area contributed by atoms with Gasteiger partial charge in [0, 0.05) is 5.92 Å². The Morgan fingerprint density at radius 2 is 1.65 bits per heavy atom. The molecule has 0 radical (unpaired) electrons. The van der Waals surface area contributed by atoms with Gasteiger partial charge in [-0.3, -0.25) is 32.4 Å². The Hall–Kier alpha value is -3.43. The number of aromatic amines is 1. The first-order valence-electron chi connectivity index (χ1n) is 13.7. The van der Waals surface area contributed by atoms with Gasteiger partial charge in [-0.1, -0.05) is 6.92 Å². The third kappa shape index (κ3) is 5.20. The molecule has 0 bridgehead atoms. The van der Waals surface area contributed by atoms with Crippen molar-refractivity contribution in [1.29, 1.82) is 0 Å². The highest BCUT2D eigenvalue weighted by atomic mass is 31.2. The number of nitrogen functional groups attached to an aromatic ring is 2. The van der Waals surface area contributed by atoms with Crippen LogP contribution in [0.2, 0.25) is 0 Å². The number of phosphoric acid groups is 2. The van der Waals surface area contributed by atoms with Gasteiger partial charge in [-0.05, 0) is 5.92 Å². The number of aromatic nitrogens is 8. The molecule has 4 aromatic heterocycles. The zero-order valence-corrected chi connectivity index (χ0v) is 25.3. The largest absolute Gasteiger partial charge is 0.472 e. The third-order valence-corrected chi connectivity index (χ3v) is 10.3. The molecule has 0 aromatic carbocycles. The van der Waals surface area contributed by atoms with Crippen LogP contribution in [0, 0.1) is 11.8 Å². The molecule has 8 N–H and O–H groups in total. The molecule has 4 aromatic rings. The molecular formula is C22H27FN10O11P2. The zero-order chi connectivity index (χ0) is 32.7. The molecule has 6 heterocycles. The molecule has 0 spiro atoms. The molecule has 46 heavy (non-hydrogen) atoms. The molecule has 1 saturated carbocycles. The Balaban J connectivity index is 1.19. The minimum atomic E-state index is -5.07. The van der Waals surface area contributed by atoms with Crippen LogP contribution in [0.3, 0.4) is 0 Å². The maximum absolute atomic E-state index is 15.9. The summed E-state index contributed by atoms with van der Waals surface area (Å²) in [5, 5.41) is 11.4. The number of H-pyrrole nitrogens is 1. The fourth-order valence-electron chi connectivity index (χ4n) is 6.23. The predicted molar refractivity (Wildman–Crippen MR) is 150 cm³/mol. The average molecular weight is 688 g/mol. The van der Waals surface area contributed by atoms with Gasteiger partial charge in [-0.2, -0.15) is 4.98 Å². The lowest BCUT2D eigenvalue weighted by atomic mass is 9.95. The minimum absolute atomic E-state index is 0.00307. The number of aliphatic hydroxyl groups excluding tert-OH is 1. The van der Waals surface area contributed by atoms with E-state index in [1.807, 2.05) is 0 Å². The zero-order valence-electron chi connectivity index (χ0n) is 23.5. The summed E-state index contributed by atoms with van der Waals surface area (Å²) in [6.45, 7) is 0.0707. The van der Waals surface area contributed by atoms with Crippen LogP contribution in [-0.4, -0.2) is 97.7 Å². The van der Waals surface area contributed by atoms with Crippen LogP contribution < -0.4 is 17.0 Å². The van der Waals surface area contributed by atoms with E-state index in [0.29, 0.717) is 0 Å². The molecule has 2 saturated heterocycles. The third-order valence-electron chi connectivity index (χ3n) is 8.36. The van der Waals surface area contributed by atoms with Gasteiger partial charge in [-0.15, -0.1) is 0 Å². The van der Waals surface area contributed by atoms with E-state index in [1.54, 1.807) is 6.92 Å². The first kappa shape index (κ1) is 31.2. The van der Waals surface area contributed by atoms with Crippen molar-refractivity contribution in [1.82, 2.24) is 39.0 Å². The van der Waals surface area contributed by atoms with Crippen LogP contribution in [-0.2, 0) is 32.0 Å². The van der Waals surface area contributed by atoms with E-state index in [-0.39, 0.29) is 34.1 Å². The predicted octanol–water partition coefficient (Wildman–Crippen LogP) is -0.455. The molecule has 1 aliphatic carbocycles. The first-order chi connectivity index (χ1) is 21.7. The summed E-state index contributed by atoms with van der Waals surface area (Å²) < 4.78 is 71.6. The van der Waals surface area contributed by atoms with E-state index < -0.39 is 89.1 Å². The fourth-order valence-corrected chi connectivity index (χ4v) is 8.19. The number of alkyl halides is 1. The van der Waals surface area contributed by atoms with Crippen molar-refractivity contribution in [2.45, 2.75) is 49.8 Å². The van der Waals surface area contributed by atoms with Gasteiger partial charge >= 0.3 is 15.6 Å². The molecule has 11 atom stereocenters. The highest BCUT2D eigenvalue weighted by Gasteiger charge is 2.56. The van der Waals surface area contributed by atoms with Gasteiger partial charge in [0.05, 0.1) is 31.9 Å². The van der Waals surface area contributed by atoms with Crippen LogP contribution >= 0.6 is 15.6 Å². The number of imidazole rings is 2. The molecule has 21 nitrogen and oxygen atoms in total. The second-order valence-corrected chi connectivity index (χ2v) is 13.9. The van der Waals surface area contributed by atoms with E-state index in [0.717, 1.165) is 10.9 Å². The lowest BCUT2D eigenvalue weighted by Gasteiger charge is -2.29. The maximum atomic E-state index is 15.9. The SMILES string of the molecule is C[C@H]1[C@@H]2COP(=O)(O)O[C@H]3[C@@H](F)[C@H](n4cnc5c(N)ncnc54)O[C@@H]3COP(=O)(O)O[C@H]2[C@@H](O)[C@@H]1n1cnc2c(=O)[nH]c(N)nc21. The van der Waals surface area contributed by atoms with Crippen LogP contribution in [0.1, 0.15) is 19.2 Å². The number of hydrogen-bond acceptors (Lipinski definition) is 16. The Bertz CT molecular complexity index is 1980. The van der Waals surface area contributed by atoms with Crippen molar-refractivity contribution in [2.24, 2.45) is 11.8 Å². The Kier molecular flexibility index (Phi) is 7.51. The Morgan fingerprint density at radius 1 is 0.978 bits per heavy atom. The first-order valence-corrected chi connectivity index (χ1v) is 16.7. The van der Waals surface area contributed by atoms with Crippen molar-refractivity contribution in [3.8, 4) is 0 Å². The van der Waals surface area contributed by atoms with Crippen LogP contribution in [0.15, 0.2) is 23.8 Å². The number of fused-ring (bicyclic) bond motifs is 4. The van der Waals surface area contributed by atoms with Crippen molar-refractivity contribution in [3.05, 3.63) is 29.3 Å². The molecule has 24 heteroatoms. The highest BCUT2D eigenvalue weighted by Crippen LogP contribution is 2.56. The minimum Gasteiger partial charge on any atom is -0.388 e. The number of nitrogens with one attached hydrogen (secondary N) is 1. The van der Waals surface area contributed by atoms with Gasteiger partial charge in [0.1, 0.15) is 36.3 Å². The van der Waals surface area contributed by atoms with E-state index in [2.05, 4.69) is 29.9 Å². The van der Waals surface area contributed by atoms with Crippen molar-refractivity contribution in [2.75, 3.05) is 24.7 Å². The monoisotopic (exact) mass is 688 g/mol. The smallest absolute Gasteiger partial charge is 0.388 e. The summed E-state index contributed by atoms with van der Waals surface area (Å²) in [6, 6.07) is -1.01.